The smallest absolute Gasteiger partial charge is 0.252 e. The number of aromatic nitrogens is 4. The number of halogens is 1. The molecule has 0 aliphatic heterocycles. The van der Waals surface area contributed by atoms with Crippen LogP contribution in [0.5, 0.6) is 0 Å². The molecule has 1 amide bonds. The number of rotatable bonds is 4. The van der Waals surface area contributed by atoms with Crippen molar-refractivity contribution < 1.29 is 9.18 Å². The summed E-state index contributed by atoms with van der Waals surface area (Å²) in [5.74, 6) is 0.544. The number of fused-ring (bicyclic) bond motifs is 1. The number of hydrogen-bond donors (Lipinski definition) is 1. The molecule has 0 spiro atoms. The number of aryl methyl sites for hydroxylation is 2. The Morgan fingerprint density at radius 1 is 1.19 bits per heavy atom. The molecular formula is C20H22FN5O. The number of benzene rings is 1. The summed E-state index contributed by atoms with van der Waals surface area (Å²) in [5.41, 5.74) is 2.31. The van der Waals surface area contributed by atoms with Crippen LogP contribution in [0.3, 0.4) is 0 Å². The Balaban J connectivity index is 1.55. The molecule has 0 unspecified atom stereocenters. The molecule has 2 aromatic heterocycles. The van der Waals surface area contributed by atoms with Crippen LogP contribution >= 0.6 is 0 Å². The van der Waals surface area contributed by atoms with Crippen molar-refractivity contribution in [1.29, 1.82) is 0 Å². The topological polar surface area (TPSA) is 72.2 Å². The Kier molecular flexibility index (Phi) is 4.37. The summed E-state index contributed by atoms with van der Waals surface area (Å²) in [4.78, 5) is 21.5. The fourth-order valence-electron chi connectivity index (χ4n) is 3.97. The van der Waals surface area contributed by atoms with Crippen LogP contribution in [0.4, 0.5) is 4.39 Å². The predicted octanol–water partition coefficient (Wildman–Crippen LogP) is 3.01. The average Bonchev–Trinajstić information content (AvgIpc) is 3.23. The normalized spacial score (nSPS) is 16.0. The van der Waals surface area contributed by atoms with Crippen molar-refractivity contribution in [2.45, 2.75) is 51.5 Å². The Bertz CT molecular complexity index is 990. The highest BCUT2D eigenvalue weighted by Gasteiger charge is 2.37. The van der Waals surface area contributed by atoms with Crippen LogP contribution in [0.2, 0.25) is 0 Å². The molecule has 27 heavy (non-hydrogen) atoms. The van der Waals surface area contributed by atoms with Crippen molar-refractivity contribution >= 4 is 11.7 Å². The number of nitrogens with one attached hydrogen (secondary N) is 1. The van der Waals surface area contributed by atoms with E-state index in [1.807, 2.05) is 19.9 Å². The lowest BCUT2D eigenvalue weighted by Crippen LogP contribution is -2.44. The van der Waals surface area contributed by atoms with Crippen molar-refractivity contribution in [3.05, 3.63) is 58.9 Å². The second kappa shape index (κ2) is 6.72. The molecule has 6 nitrogen and oxygen atoms in total. The Morgan fingerprint density at radius 3 is 2.59 bits per heavy atom. The summed E-state index contributed by atoms with van der Waals surface area (Å²) in [6.07, 6.45) is 3.86. The highest BCUT2D eigenvalue weighted by atomic mass is 19.1. The van der Waals surface area contributed by atoms with E-state index in [-0.39, 0.29) is 18.1 Å². The van der Waals surface area contributed by atoms with E-state index in [1.165, 1.54) is 12.1 Å². The molecule has 0 atom stereocenters. The lowest BCUT2D eigenvalue weighted by Gasteiger charge is -2.31. The van der Waals surface area contributed by atoms with Crippen molar-refractivity contribution in [3.8, 4) is 0 Å². The van der Waals surface area contributed by atoms with Crippen molar-refractivity contribution in [2.24, 2.45) is 0 Å². The molecule has 0 radical (unpaired) electrons. The number of carbonyl (C=O) groups is 1. The van der Waals surface area contributed by atoms with Gasteiger partial charge in [0.15, 0.2) is 5.82 Å². The van der Waals surface area contributed by atoms with Crippen LogP contribution in [0.15, 0.2) is 30.3 Å². The van der Waals surface area contributed by atoms with Gasteiger partial charge in [0.25, 0.3) is 5.78 Å². The van der Waals surface area contributed by atoms with Gasteiger partial charge in [0, 0.05) is 11.4 Å². The number of carbonyl (C=O) groups excluding carboxylic acids is 1. The third kappa shape index (κ3) is 3.41. The summed E-state index contributed by atoms with van der Waals surface area (Å²) in [7, 11) is 0. The third-order valence-corrected chi connectivity index (χ3v) is 5.21. The maximum atomic E-state index is 13.3. The van der Waals surface area contributed by atoms with Gasteiger partial charge in [-0.05, 0) is 50.5 Å². The molecule has 7 heteroatoms. The molecule has 0 saturated heterocycles. The van der Waals surface area contributed by atoms with Gasteiger partial charge >= 0.3 is 0 Å². The second-order valence-electron chi connectivity index (χ2n) is 7.30. The average molecular weight is 367 g/mol. The quantitative estimate of drug-likeness (QED) is 0.769. The van der Waals surface area contributed by atoms with Crippen LogP contribution in [-0.4, -0.2) is 25.5 Å². The van der Waals surface area contributed by atoms with Crippen LogP contribution in [0.1, 0.15) is 48.5 Å². The van der Waals surface area contributed by atoms with Crippen LogP contribution < -0.4 is 5.32 Å². The minimum absolute atomic E-state index is 0.0881. The summed E-state index contributed by atoms with van der Waals surface area (Å²) in [5, 5.41) is 7.58. The van der Waals surface area contributed by atoms with Gasteiger partial charge in [-0.25, -0.2) is 13.9 Å². The van der Waals surface area contributed by atoms with Gasteiger partial charge in [0.2, 0.25) is 5.91 Å². The van der Waals surface area contributed by atoms with E-state index in [2.05, 4.69) is 20.4 Å². The van der Waals surface area contributed by atoms with Crippen molar-refractivity contribution in [2.75, 3.05) is 0 Å². The first-order valence-electron chi connectivity index (χ1n) is 9.22. The number of hydrogen-bond acceptors (Lipinski definition) is 4. The molecule has 1 fully saturated rings. The molecule has 1 aliphatic rings. The maximum Gasteiger partial charge on any atom is 0.252 e. The highest BCUT2D eigenvalue weighted by molar-refractivity contribution is 5.79. The van der Waals surface area contributed by atoms with E-state index in [0.29, 0.717) is 11.6 Å². The maximum absolute atomic E-state index is 13.3. The zero-order chi connectivity index (χ0) is 19.0. The van der Waals surface area contributed by atoms with E-state index in [9.17, 15) is 9.18 Å². The van der Waals surface area contributed by atoms with E-state index in [4.69, 9.17) is 0 Å². The van der Waals surface area contributed by atoms with Gasteiger partial charge in [0.1, 0.15) is 5.82 Å². The highest BCUT2D eigenvalue weighted by Crippen LogP contribution is 2.38. The molecule has 2 heterocycles. The second-order valence-corrected chi connectivity index (χ2v) is 7.30. The zero-order valence-corrected chi connectivity index (χ0v) is 15.5. The summed E-state index contributed by atoms with van der Waals surface area (Å²) in [6.45, 7) is 3.84. The zero-order valence-electron chi connectivity index (χ0n) is 15.5. The van der Waals surface area contributed by atoms with Crippen molar-refractivity contribution in [1.82, 2.24) is 24.9 Å². The minimum atomic E-state index is -0.436. The summed E-state index contributed by atoms with van der Waals surface area (Å²) < 4.78 is 15.0. The first kappa shape index (κ1) is 17.6. The van der Waals surface area contributed by atoms with E-state index in [0.717, 1.165) is 42.6 Å². The number of nitrogens with zero attached hydrogens (tertiary/aromatic N) is 4. The SMILES string of the molecule is Cc1cc(C)n2nc(CC(=O)NC3(c4ccc(F)cc4)CCCC3)nc2n1. The molecule has 1 aliphatic carbocycles. The molecule has 1 saturated carbocycles. The fraction of sp³-hybridized carbons (Fsp3) is 0.400. The minimum Gasteiger partial charge on any atom is -0.346 e. The molecule has 0 bridgehead atoms. The first-order valence-corrected chi connectivity index (χ1v) is 9.22. The van der Waals surface area contributed by atoms with Gasteiger partial charge < -0.3 is 5.32 Å². The molecule has 3 aromatic rings. The predicted molar refractivity (Wildman–Crippen MR) is 98.6 cm³/mol. The Morgan fingerprint density at radius 2 is 1.89 bits per heavy atom. The molecule has 140 valence electrons. The molecule has 4 rings (SSSR count). The monoisotopic (exact) mass is 367 g/mol. The van der Waals surface area contributed by atoms with Crippen molar-refractivity contribution in [3.63, 3.8) is 0 Å². The Labute approximate surface area is 156 Å². The van der Waals surface area contributed by atoms with Crippen LogP contribution in [0, 0.1) is 19.7 Å². The number of amides is 1. The fourth-order valence-corrected chi connectivity index (χ4v) is 3.97. The van der Waals surface area contributed by atoms with Gasteiger partial charge in [-0.1, -0.05) is 25.0 Å². The van der Waals surface area contributed by atoms with Gasteiger partial charge in [-0.2, -0.15) is 4.98 Å². The van der Waals surface area contributed by atoms with Crippen LogP contribution in [0.25, 0.3) is 5.78 Å². The van der Waals surface area contributed by atoms with Gasteiger partial charge in [-0.15, -0.1) is 5.10 Å². The molecular weight excluding hydrogens is 345 g/mol. The van der Waals surface area contributed by atoms with E-state index >= 15 is 0 Å². The summed E-state index contributed by atoms with van der Waals surface area (Å²) in [6, 6.07) is 8.35. The first-order chi connectivity index (χ1) is 12.9. The lowest BCUT2D eigenvalue weighted by atomic mass is 9.88. The van der Waals surface area contributed by atoms with E-state index < -0.39 is 5.54 Å². The molecule has 1 aromatic carbocycles. The van der Waals surface area contributed by atoms with Gasteiger partial charge in [0.05, 0.1) is 12.0 Å². The Hall–Kier alpha value is -2.83. The van der Waals surface area contributed by atoms with Gasteiger partial charge in [-0.3, -0.25) is 4.79 Å². The largest absolute Gasteiger partial charge is 0.346 e. The third-order valence-electron chi connectivity index (χ3n) is 5.21. The lowest BCUT2D eigenvalue weighted by molar-refractivity contribution is -0.122. The summed E-state index contributed by atoms with van der Waals surface area (Å²) >= 11 is 0. The standard InChI is InChI=1S/C20H22FN5O/c1-13-11-14(2)26-19(22-13)23-17(25-26)12-18(27)24-20(9-3-4-10-20)15-5-7-16(21)8-6-15/h5-8,11H,3-4,9-10,12H2,1-2H3,(H,24,27). The molecule has 1 N–H and O–H groups in total. The van der Waals surface area contributed by atoms with E-state index in [1.54, 1.807) is 16.6 Å². The van der Waals surface area contributed by atoms with Crippen LogP contribution in [-0.2, 0) is 16.8 Å².